The van der Waals surface area contributed by atoms with E-state index in [0.717, 1.165) is 0 Å². The van der Waals surface area contributed by atoms with Crippen molar-refractivity contribution in [3.63, 3.8) is 0 Å². The molecule has 1 saturated heterocycles. The molecule has 0 aromatic carbocycles. The summed E-state index contributed by atoms with van der Waals surface area (Å²) < 4.78 is 22.3. The summed E-state index contributed by atoms with van der Waals surface area (Å²) in [4.78, 5) is 35.8. The number of carbonyl (C=O) groups excluding carboxylic acids is 3. The number of halogens is 1. The van der Waals surface area contributed by atoms with Crippen molar-refractivity contribution in [2.45, 2.75) is 67.1 Å². The van der Waals surface area contributed by atoms with Crippen LogP contribution >= 0.6 is 0 Å². The molecular formula is C17H29FO5. The van der Waals surface area contributed by atoms with Gasteiger partial charge < -0.3 is 9.47 Å². The number of Topliss-reactive ketones (excluding diaryl/α,β-unsaturated/α-hetero) is 1. The number of hydrogen-bond acceptors (Lipinski definition) is 5. The molecule has 1 aliphatic heterocycles. The zero-order valence-electron chi connectivity index (χ0n) is 15.2. The lowest BCUT2D eigenvalue weighted by molar-refractivity contribution is -0.239. The number of hydrogen-bond donors (Lipinski definition) is 0. The minimum absolute atomic E-state index is 0.166. The van der Waals surface area contributed by atoms with E-state index in [2.05, 4.69) is 0 Å². The molecule has 134 valence electrons. The molecule has 0 N–H and O–H groups in total. The predicted octanol–water partition coefficient (Wildman–Crippen LogP) is 3.45. The Hall–Kier alpha value is -1.46. The average molecular weight is 332 g/mol. The molecule has 6 heteroatoms. The van der Waals surface area contributed by atoms with Gasteiger partial charge in [-0.2, -0.15) is 0 Å². The van der Waals surface area contributed by atoms with Gasteiger partial charge in [-0.1, -0.05) is 34.6 Å². The molecule has 0 unspecified atom stereocenters. The van der Waals surface area contributed by atoms with Crippen molar-refractivity contribution in [3.05, 3.63) is 0 Å². The molecule has 23 heavy (non-hydrogen) atoms. The van der Waals surface area contributed by atoms with Crippen molar-refractivity contribution in [2.75, 3.05) is 6.67 Å². The molecule has 1 heterocycles. The summed E-state index contributed by atoms with van der Waals surface area (Å²) >= 11 is 0. The van der Waals surface area contributed by atoms with Gasteiger partial charge in [0.15, 0.2) is 5.78 Å². The summed E-state index contributed by atoms with van der Waals surface area (Å²) in [5.74, 6) is -5.32. The molecule has 5 nitrogen and oxygen atoms in total. The molecule has 2 fully saturated rings. The summed E-state index contributed by atoms with van der Waals surface area (Å²) in [6, 6.07) is 0. The van der Waals surface area contributed by atoms with Gasteiger partial charge >= 0.3 is 11.9 Å². The van der Waals surface area contributed by atoms with Crippen molar-refractivity contribution in [1.29, 1.82) is 0 Å². The molecule has 2 aliphatic rings. The third-order valence-electron chi connectivity index (χ3n) is 3.72. The summed E-state index contributed by atoms with van der Waals surface area (Å²) in [5, 5.41) is 0. The van der Waals surface area contributed by atoms with Gasteiger partial charge in [-0.25, -0.2) is 0 Å². The van der Waals surface area contributed by atoms with E-state index in [1.54, 1.807) is 6.92 Å². The first-order valence-electron chi connectivity index (χ1n) is 8.24. The fourth-order valence-electron chi connectivity index (χ4n) is 2.81. The van der Waals surface area contributed by atoms with E-state index in [4.69, 9.17) is 9.47 Å². The number of ether oxygens (including phenoxy) is 2. The first kappa shape index (κ1) is 21.5. The van der Waals surface area contributed by atoms with Crippen molar-refractivity contribution < 1.29 is 28.2 Å². The van der Waals surface area contributed by atoms with E-state index >= 15 is 0 Å². The van der Waals surface area contributed by atoms with Crippen LogP contribution in [0, 0.1) is 17.3 Å². The first-order valence-corrected chi connectivity index (χ1v) is 8.24. The van der Waals surface area contributed by atoms with Gasteiger partial charge in [-0.05, 0) is 18.8 Å². The lowest BCUT2D eigenvalue weighted by atomic mass is 9.59. The second-order valence-corrected chi connectivity index (χ2v) is 6.03. The smallest absolute Gasteiger partial charge is 0.331 e. The van der Waals surface area contributed by atoms with Gasteiger partial charge in [0.1, 0.15) is 0 Å². The molecule has 1 aliphatic carbocycles. The van der Waals surface area contributed by atoms with Crippen molar-refractivity contribution in [3.8, 4) is 0 Å². The minimum Gasteiger partial charge on any atom is -0.422 e. The third kappa shape index (κ3) is 4.75. The highest BCUT2D eigenvalue weighted by Gasteiger charge is 2.55. The van der Waals surface area contributed by atoms with Gasteiger partial charge in [0.05, 0.1) is 6.67 Å². The Balaban J connectivity index is 0.00000112. The maximum Gasteiger partial charge on any atom is 0.331 e. The van der Waals surface area contributed by atoms with Gasteiger partial charge in [0.25, 0.3) is 5.79 Å². The lowest BCUT2D eigenvalue weighted by Gasteiger charge is -2.44. The summed E-state index contributed by atoms with van der Waals surface area (Å²) in [7, 11) is 0. The number of cyclic esters (lactones) is 2. The van der Waals surface area contributed by atoms with E-state index in [0.29, 0.717) is 12.8 Å². The number of ketones is 1. The van der Waals surface area contributed by atoms with Crippen molar-refractivity contribution >= 4 is 17.7 Å². The SMILES string of the molecule is CC.CC.CC1(C)OC(=O)C(C(=O)C2(C)CC(CF)C2)C(=O)O1. The van der Waals surface area contributed by atoms with Crippen LogP contribution in [0.2, 0.25) is 0 Å². The Kier molecular flexibility index (Phi) is 7.87. The molecule has 0 spiro atoms. The quantitative estimate of drug-likeness (QED) is 0.585. The fourth-order valence-corrected chi connectivity index (χ4v) is 2.81. The average Bonchev–Trinajstić information content (AvgIpc) is 2.45. The lowest BCUT2D eigenvalue weighted by Crippen LogP contribution is -2.54. The molecule has 0 aromatic rings. The van der Waals surface area contributed by atoms with E-state index < -0.39 is 41.5 Å². The fraction of sp³-hybridized carbons (Fsp3) is 0.824. The first-order chi connectivity index (χ1) is 10.7. The number of carbonyl (C=O) groups is 3. The van der Waals surface area contributed by atoms with Crippen LogP contribution in [-0.2, 0) is 23.9 Å². The Bertz CT molecular complexity index is 418. The largest absolute Gasteiger partial charge is 0.422 e. The molecule has 0 atom stereocenters. The normalized spacial score (nSPS) is 28.8. The third-order valence-corrected chi connectivity index (χ3v) is 3.72. The zero-order valence-corrected chi connectivity index (χ0v) is 15.2. The summed E-state index contributed by atoms with van der Waals surface area (Å²) in [6.45, 7) is 12.0. The van der Waals surface area contributed by atoms with E-state index in [-0.39, 0.29) is 5.92 Å². The van der Waals surface area contributed by atoms with Gasteiger partial charge in [0.2, 0.25) is 5.92 Å². The Morgan fingerprint density at radius 3 is 1.78 bits per heavy atom. The Morgan fingerprint density at radius 2 is 1.43 bits per heavy atom. The second-order valence-electron chi connectivity index (χ2n) is 6.03. The van der Waals surface area contributed by atoms with Crippen molar-refractivity contribution in [1.82, 2.24) is 0 Å². The maximum absolute atomic E-state index is 12.4. The van der Waals surface area contributed by atoms with Crippen LogP contribution in [0.3, 0.4) is 0 Å². The van der Waals surface area contributed by atoms with Crippen LogP contribution in [0.1, 0.15) is 61.3 Å². The van der Waals surface area contributed by atoms with Crippen molar-refractivity contribution in [2.24, 2.45) is 17.3 Å². The molecule has 2 rings (SSSR count). The Morgan fingerprint density at radius 1 is 1.04 bits per heavy atom. The highest BCUT2D eigenvalue weighted by Crippen LogP contribution is 2.48. The summed E-state index contributed by atoms with van der Waals surface area (Å²) in [5.41, 5.74) is -0.832. The molecular weight excluding hydrogens is 303 g/mol. The molecule has 0 bridgehead atoms. The Labute approximate surface area is 137 Å². The molecule has 0 aromatic heterocycles. The monoisotopic (exact) mass is 332 g/mol. The van der Waals surface area contributed by atoms with Gasteiger partial charge in [0, 0.05) is 19.3 Å². The van der Waals surface area contributed by atoms with Crippen LogP contribution < -0.4 is 0 Å². The predicted molar refractivity (Wildman–Crippen MR) is 84.3 cm³/mol. The zero-order chi connectivity index (χ0) is 18.4. The van der Waals surface area contributed by atoms with E-state index in [9.17, 15) is 18.8 Å². The van der Waals surface area contributed by atoms with Crippen LogP contribution in [0.4, 0.5) is 4.39 Å². The summed E-state index contributed by atoms with van der Waals surface area (Å²) in [6.07, 6.45) is 0.700. The van der Waals surface area contributed by atoms with Gasteiger partial charge in [-0.15, -0.1) is 0 Å². The molecule has 0 radical (unpaired) electrons. The van der Waals surface area contributed by atoms with Gasteiger partial charge in [-0.3, -0.25) is 18.8 Å². The standard InChI is InChI=1S/C13H17FO5.2C2H6/c1-12(2)18-10(16)8(11(17)19-12)9(15)13(3)4-7(5-13)6-14;2*1-2/h7-8H,4-6H2,1-3H3;2*1-2H3. The molecule has 1 saturated carbocycles. The van der Waals surface area contributed by atoms with Crippen LogP contribution in [-0.4, -0.2) is 30.2 Å². The van der Waals surface area contributed by atoms with Crippen LogP contribution in [0.25, 0.3) is 0 Å². The highest BCUT2D eigenvalue weighted by molar-refractivity contribution is 6.17. The minimum atomic E-state index is -1.53. The second kappa shape index (κ2) is 8.41. The number of alkyl halides is 1. The van der Waals surface area contributed by atoms with E-state index in [1.807, 2.05) is 27.7 Å². The van der Waals surface area contributed by atoms with E-state index in [1.165, 1.54) is 13.8 Å². The molecule has 0 amide bonds. The number of rotatable bonds is 3. The topological polar surface area (TPSA) is 69.7 Å². The maximum atomic E-state index is 12.4. The van der Waals surface area contributed by atoms with Crippen LogP contribution in [0.15, 0.2) is 0 Å². The van der Waals surface area contributed by atoms with Crippen LogP contribution in [0.5, 0.6) is 0 Å². The number of esters is 2. The highest BCUT2D eigenvalue weighted by atomic mass is 19.1.